The highest BCUT2D eigenvalue weighted by Crippen LogP contribution is 2.21. The molecule has 2 saturated heterocycles. The van der Waals surface area contributed by atoms with Gasteiger partial charge in [-0.3, -0.25) is 14.5 Å². The van der Waals surface area contributed by atoms with Crippen molar-refractivity contribution in [1.82, 2.24) is 15.1 Å². The molecule has 0 radical (unpaired) electrons. The topological polar surface area (TPSA) is 52.7 Å². The molecule has 2 aliphatic heterocycles. The number of nitrogens with one attached hydrogen (secondary N) is 1. The van der Waals surface area contributed by atoms with Gasteiger partial charge in [0, 0.05) is 19.6 Å². The molecule has 0 aromatic carbocycles. The lowest BCUT2D eigenvalue weighted by Gasteiger charge is -2.46. The molecule has 2 heterocycles. The highest BCUT2D eigenvalue weighted by atomic mass is 16.2. The maximum absolute atomic E-state index is 12.6. The number of carbonyl (C=O) groups excluding carboxylic acids is 2. The molecule has 0 spiro atoms. The minimum atomic E-state index is -0.332. The number of nitrogens with zero attached hydrogens (tertiary/aromatic N) is 2. The maximum atomic E-state index is 12.6. The van der Waals surface area contributed by atoms with Crippen LogP contribution in [0.3, 0.4) is 0 Å². The van der Waals surface area contributed by atoms with Crippen molar-refractivity contribution in [3.05, 3.63) is 0 Å². The molecule has 1 N–H and O–H groups in total. The fourth-order valence-corrected chi connectivity index (χ4v) is 3.08. The van der Waals surface area contributed by atoms with Gasteiger partial charge >= 0.3 is 0 Å². The third-order valence-electron chi connectivity index (χ3n) is 4.85. The summed E-state index contributed by atoms with van der Waals surface area (Å²) in [5, 5.41) is 2.94. The largest absolute Gasteiger partial charge is 0.342 e. The summed E-state index contributed by atoms with van der Waals surface area (Å²) in [4.78, 5) is 29.1. The van der Waals surface area contributed by atoms with Gasteiger partial charge in [0.15, 0.2) is 0 Å². The number of fused-ring (bicyclic) bond motifs is 1. The summed E-state index contributed by atoms with van der Waals surface area (Å²) in [5.74, 6) is 0.993. The zero-order valence-electron chi connectivity index (χ0n) is 13.8. The van der Waals surface area contributed by atoms with Gasteiger partial charge in [0.2, 0.25) is 11.8 Å². The molecule has 2 amide bonds. The van der Waals surface area contributed by atoms with Crippen LogP contribution in [0.2, 0.25) is 0 Å². The first-order valence-corrected chi connectivity index (χ1v) is 8.27. The lowest BCUT2D eigenvalue weighted by atomic mass is 9.93. The van der Waals surface area contributed by atoms with Gasteiger partial charge in [-0.2, -0.15) is 0 Å². The van der Waals surface area contributed by atoms with Gasteiger partial charge in [0.1, 0.15) is 12.1 Å². The van der Waals surface area contributed by atoms with E-state index in [1.54, 1.807) is 0 Å². The Balaban J connectivity index is 2.00. The molecule has 0 aromatic rings. The Morgan fingerprint density at radius 1 is 1.24 bits per heavy atom. The van der Waals surface area contributed by atoms with Crippen molar-refractivity contribution in [3.8, 4) is 0 Å². The third-order valence-corrected chi connectivity index (χ3v) is 4.85. The smallest absolute Gasteiger partial charge is 0.246 e. The van der Waals surface area contributed by atoms with E-state index in [2.05, 4.69) is 31.0 Å². The summed E-state index contributed by atoms with van der Waals surface area (Å²) in [6.45, 7) is 11.8. The molecule has 0 saturated carbocycles. The van der Waals surface area contributed by atoms with E-state index in [1.165, 1.54) is 0 Å². The first-order chi connectivity index (χ1) is 9.93. The standard InChI is InChI=1S/C16H29N3O2/c1-5-12(4)14-16(21)19-9-8-18(7-6-11(2)3)10-13(19)15(20)17-14/h11-14H,5-10H2,1-4H3,(H,17,20)/t12-,13+,14-/m0/s1. The number of hydrogen-bond donors (Lipinski definition) is 1. The lowest BCUT2D eigenvalue weighted by molar-refractivity contribution is -0.154. The molecule has 5 heteroatoms. The Kier molecular flexibility index (Phi) is 5.25. The van der Waals surface area contributed by atoms with E-state index in [0.29, 0.717) is 19.0 Å². The van der Waals surface area contributed by atoms with Crippen molar-refractivity contribution < 1.29 is 9.59 Å². The molecule has 5 nitrogen and oxygen atoms in total. The van der Waals surface area contributed by atoms with Crippen LogP contribution in [-0.2, 0) is 9.59 Å². The van der Waals surface area contributed by atoms with Crippen molar-refractivity contribution in [2.75, 3.05) is 26.2 Å². The van der Waals surface area contributed by atoms with Gasteiger partial charge < -0.3 is 10.2 Å². The van der Waals surface area contributed by atoms with Crippen LogP contribution in [0.4, 0.5) is 0 Å². The van der Waals surface area contributed by atoms with E-state index >= 15 is 0 Å². The second kappa shape index (κ2) is 6.77. The molecule has 120 valence electrons. The monoisotopic (exact) mass is 295 g/mol. The SMILES string of the molecule is CC[C@H](C)[C@@H]1NC(=O)[C@H]2CN(CCC(C)C)CCN2C1=O. The van der Waals surface area contributed by atoms with E-state index in [-0.39, 0.29) is 29.8 Å². The summed E-state index contributed by atoms with van der Waals surface area (Å²) in [6.07, 6.45) is 2.04. The average molecular weight is 295 g/mol. The Hall–Kier alpha value is -1.10. The number of carbonyl (C=O) groups is 2. The van der Waals surface area contributed by atoms with Crippen molar-refractivity contribution in [2.45, 2.75) is 52.6 Å². The van der Waals surface area contributed by atoms with Crippen LogP contribution in [0.1, 0.15) is 40.5 Å². The molecule has 2 aliphatic rings. The van der Waals surface area contributed by atoms with Crippen LogP contribution in [0.25, 0.3) is 0 Å². The summed E-state index contributed by atoms with van der Waals surface area (Å²) in [7, 11) is 0. The van der Waals surface area contributed by atoms with E-state index in [4.69, 9.17) is 0 Å². The second-order valence-electron chi connectivity index (χ2n) is 6.90. The van der Waals surface area contributed by atoms with Crippen LogP contribution < -0.4 is 5.32 Å². The predicted molar refractivity (Wildman–Crippen MR) is 82.8 cm³/mol. The Morgan fingerprint density at radius 3 is 2.57 bits per heavy atom. The molecule has 3 atom stereocenters. The van der Waals surface area contributed by atoms with Gasteiger partial charge in [-0.25, -0.2) is 0 Å². The molecule has 21 heavy (non-hydrogen) atoms. The van der Waals surface area contributed by atoms with Crippen molar-refractivity contribution in [2.24, 2.45) is 11.8 Å². The summed E-state index contributed by atoms with van der Waals surface area (Å²) in [5.41, 5.74) is 0. The quantitative estimate of drug-likeness (QED) is 0.826. The third kappa shape index (κ3) is 3.57. The first-order valence-electron chi connectivity index (χ1n) is 8.27. The Labute approximate surface area is 128 Å². The Morgan fingerprint density at radius 2 is 1.95 bits per heavy atom. The zero-order valence-corrected chi connectivity index (χ0v) is 13.8. The van der Waals surface area contributed by atoms with Gasteiger partial charge in [-0.05, 0) is 24.8 Å². The molecule has 0 unspecified atom stereocenters. The number of rotatable bonds is 5. The molecule has 2 fully saturated rings. The molecule has 0 aliphatic carbocycles. The van der Waals surface area contributed by atoms with Crippen LogP contribution in [0.5, 0.6) is 0 Å². The van der Waals surface area contributed by atoms with Crippen LogP contribution in [0, 0.1) is 11.8 Å². The molecule has 0 aromatic heterocycles. The van der Waals surface area contributed by atoms with E-state index in [9.17, 15) is 9.59 Å². The maximum Gasteiger partial charge on any atom is 0.246 e. The Bertz CT molecular complexity index is 397. The van der Waals surface area contributed by atoms with Gasteiger partial charge in [0.25, 0.3) is 0 Å². The summed E-state index contributed by atoms with van der Waals surface area (Å²) < 4.78 is 0. The fourth-order valence-electron chi connectivity index (χ4n) is 3.08. The molecular formula is C16H29N3O2. The summed E-state index contributed by atoms with van der Waals surface area (Å²) >= 11 is 0. The predicted octanol–water partition coefficient (Wildman–Crippen LogP) is 1.09. The van der Waals surface area contributed by atoms with Crippen molar-refractivity contribution in [3.63, 3.8) is 0 Å². The highest BCUT2D eigenvalue weighted by Gasteiger charge is 2.44. The van der Waals surface area contributed by atoms with Crippen LogP contribution in [0.15, 0.2) is 0 Å². The number of hydrogen-bond acceptors (Lipinski definition) is 3. The van der Waals surface area contributed by atoms with Crippen molar-refractivity contribution in [1.29, 1.82) is 0 Å². The molecular weight excluding hydrogens is 266 g/mol. The first kappa shape index (κ1) is 16.3. The van der Waals surface area contributed by atoms with E-state index in [0.717, 1.165) is 25.9 Å². The van der Waals surface area contributed by atoms with Gasteiger partial charge in [-0.15, -0.1) is 0 Å². The van der Waals surface area contributed by atoms with Crippen LogP contribution in [-0.4, -0.2) is 59.9 Å². The lowest BCUT2D eigenvalue weighted by Crippen LogP contribution is -2.70. The average Bonchev–Trinajstić information content (AvgIpc) is 2.47. The molecule has 0 bridgehead atoms. The minimum Gasteiger partial charge on any atom is -0.342 e. The minimum absolute atomic E-state index is 0.0224. The number of amides is 2. The van der Waals surface area contributed by atoms with E-state index < -0.39 is 0 Å². The van der Waals surface area contributed by atoms with E-state index in [1.807, 2.05) is 11.8 Å². The summed E-state index contributed by atoms with van der Waals surface area (Å²) in [6, 6.07) is -0.625. The van der Waals surface area contributed by atoms with Gasteiger partial charge in [0.05, 0.1) is 0 Å². The van der Waals surface area contributed by atoms with Crippen LogP contribution >= 0.6 is 0 Å². The molecule has 2 rings (SSSR count). The number of piperazine rings is 2. The van der Waals surface area contributed by atoms with Gasteiger partial charge in [-0.1, -0.05) is 34.1 Å². The zero-order chi connectivity index (χ0) is 15.6. The highest BCUT2D eigenvalue weighted by molar-refractivity contribution is 5.97. The van der Waals surface area contributed by atoms with Crippen molar-refractivity contribution >= 4 is 11.8 Å². The normalized spacial score (nSPS) is 28.5. The second-order valence-corrected chi connectivity index (χ2v) is 6.90. The fraction of sp³-hybridized carbons (Fsp3) is 0.875.